The van der Waals surface area contributed by atoms with Crippen molar-refractivity contribution in [3.05, 3.63) is 35.9 Å². The first-order valence-electron chi connectivity index (χ1n) is 7.55. The smallest absolute Gasteiger partial charge is 0.234 e. The summed E-state index contributed by atoms with van der Waals surface area (Å²) in [6, 6.07) is 10.3. The second kappa shape index (κ2) is 6.37. The van der Waals surface area contributed by atoms with Crippen molar-refractivity contribution in [2.45, 2.75) is 6.42 Å². The maximum absolute atomic E-state index is 11.9. The van der Waals surface area contributed by atoms with Gasteiger partial charge in [0.05, 0.1) is 6.54 Å². The van der Waals surface area contributed by atoms with Crippen molar-refractivity contribution in [3.8, 4) is 0 Å². The van der Waals surface area contributed by atoms with Crippen molar-refractivity contribution >= 4 is 5.91 Å². The predicted molar refractivity (Wildman–Crippen MR) is 79.4 cm³/mol. The van der Waals surface area contributed by atoms with E-state index in [0.29, 0.717) is 6.54 Å². The van der Waals surface area contributed by atoms with E-state index in [0.717, 1.165) is 51.0 Å². The molecule has 0 aromatic heterocycles. The maximum Gasteiger partial charge on any atom is 0.234 e. The number of carbonyl (C=O) groups is 1. The highest BCUT2D eigenvalue weighted by Crippen LogP contribution is 2.25. The summed E-state index contributed by atoms with van der Waals surface area (Å²) in [6.07, 6.45) is 0.905. The molecule has 3 rings (SSSR count). The van der Waals surface area contributed by atoms with Crippen molar-refractivity contribution in [2.24, 2.45) is 11.8 Å². The Morgan fingerprint density at radius 3 is 2.60 bits per heavy atom. The number of amides is 1. The summed E-state index contributed by atoms with van der Waals surface area (Å²) in [7, 11) is 0. The largest absolute Gasteiger partial charge is 0.355 e. The number of rotatable bonds is 5. The van der Waals surface area contributed by atoms with Crippen molar-refractivity contribution in [1.29, 1.82) is 0 Å². The Morgan fingerprint density at radius 2 is 1.90 bits per heavy atom. The summed E-state index contributed by atoms with van der Waals surface area (Å²) in [5.74, 6) is 1.67. The number of likely N-dealkylation sites (tertiary alicyclic amines) is 1. The number of fused-ring (bicyclic) bond motifs is 1. The lowest BCUT2D eigenvalue weighted by atomic mass is 10.0. The molecule has 2 atom stereocenters. The highest BCUT2D eigenvalue weighted by atomic mass is 16.2. The Labute approximate surface area is 120 Å². The molecule has 0 saturated carbocycles. The monoisotopic (exact) mass is 273 g/mol. The molecule has 0 bridgehead atoms. The Balaban J connectivity index is 1.36. The lowest BCUT2D eigenvalue weighted by molar-refractivity contribution is -0.122. The van der Waals surface area contributed by atoms with E-state index in [2.05, 4.69) is 27.7 Å². The van der Waals surface area contributed by atoms with Crippen LogP contribution in [0, 0.1) is 11.8 Å². The first-order valence-corrected chi connectivity index (χ1v) is 7.55. The van der Waals surface area contributed by atoms with E-state index in [-0.39, 0.29) is 5.91 Å². The average molecular weight is 273 g/mol. The van der Waals surface area contributed by atoms with Crippen LogP contribution in [0.25, 0.3) is 0 Å². The number of benzene rings is 1. The number of nitrogens with zero attached hydrogens (tertiary/aromatic N) is 1. The van der Waals surface area contributed by atoms with Gasteiger partial charge in [0.15, 0.2) is 0 Å². The third-order valence-electron chi connectivity index (χ3n) is 4.41. The van der Waals surface area contributed by atoms with Gasteiger partial charge in [0.1, 0.15) is 0 Å². The second-order valence-corrected chi connectivity index (χ2v) is 5.96. The van der Waals surface area contributed by atoms with Crippen LogP contribution in [0.15, 0.2) is 30.3 Å². The van der Waals surface area contributed by atoms with Gasteiger partial charge in [0, 0.05) is 19.6 Å². The van der Waals surface area contributed by atoms with Crippen LogP contribution in [-0.2, 0) is 11.2 Å². The van der Waals surface area contributed by atoms with Crippen LogP contribution >= 0.6 is 0 Å². The molecular weight excluding hydrogens is 250 g/mol. The standard InChI is InChI=1S/C16H23N3O/c20-16(18-7-6-13-4-2-1-3-5-13)12-19-10-14-8-17-9-15(14)11-19/h1-5,14-15,17H,6-12H2,(H,18,20)/t14-,15+. The van der Waals surface area contributed by atoms with Gasteiger partial charge >= 0.3 is 0 Å². The molecule has 0 spiro atoms. The minimum Gasteiger partial charge on any atom is -0.355 e. The first kappa shape index (κ1) is 13.6. The van der Waals surface area contributed by atoms with Gasteiger partial charge in [0.25, 0.3) is 0 Å². The summed E-state index contributed by atoms with van der Waals surface area (Å²) in [6.45, 7) is 5.67. The molecule has 4 heteroatoms. The lowest BCUT2D eigenvalue weighted by Crippen LogP contribution is -2.38. The van der Waals surface area contributed by atoms with Crippen LogP contribution in [0.4, 0.5) is 0 Å². The van der Waals surface area contributed by atoms with Crippen LogP contribution in [0.1, 0.15) is 5.56 Å². The molecule has 2 aliphatic heterocycles. The molecule has 0 radical (unpaired) electrons. The van der Waals surface area contributed by atoms with Crippen molar-refractivity contribution in [3.63, 3.8) is 0 Å². The van der Waals surface area contributed by atoms with E-state index in [1.54, 1.807) is 0 Å². The molecule has 108 valence electrons. The molecule has 2 N–H and O–H groups in total. The normalized spacial score (nSPS) is 25.6. The zero-order valence-electron chi connectivity index (χ0n) is 11.8. The van der Waals surface area contributed by atoms with Gasteiger partial charge in [-0.15, -0.1) is 0 Å². The fraction of sp³-hybridized carbons (Fsp3) is 0.562. The second-order valence-electron chi connectivity index (χ2n) is 5.96. The van der Waals surface area contributed by atoms with Crippen LogP contribution in [-0.4, -0.2) is 50.1 Å². The zero-order chi connectivity index (χ0) is 13.8. The zero-order valence-corrected chi connectivity index (χ0v) is 11.8. The molecule has 0 aliphatic carbocycles. The third-order valence-corrected chi connectivity index (χ3v) is 4.41. The summed E-state index contributed by atoms with van der Waals surface area (Å²) >= 11 is 0. The molecule has 2 heterocycles. The SMILES string of the molecule is O=C(CN1C[C@H]2CNC[C@H]2C1)NCCc1ccccc1. The number of hydrogen-bond acceptors (Lipinski definition) is 3. The van der Waals surface area contributed by atoms with Crippen LogP contribution in [0.2, 0.25) is 0 Å². The Hall–Kier alpha value is -1.39. The van der Waals surface area contributed by atoms with Gasteiger partial charge < -0.3 is 10.6 Å². The van der Waals surface area contributed by atoms with Crippen LogP contribution in [0.3, 0.4) is 0 Å². The molecule has 0 unspecified atom stereocenters. The van der Waals surface area contributed by atoms with Gasteiger partial charge in [-0.25, -0.2) is 0 Å². The number of hydrogen-bond donors (Lipinski definition) is 2. The average Bonchev–Trinajstić information content (AvgIpc) is 3.01. The molecular formula is C16H23N3O. The van der Waals surface area contributed by atoms with Gasteiger partial charge in [-0.1, -0.05) is 30.3 Å². The molecule has 2 fully saturated rings. The van der Waals surface area contributed by atoms with Gasteiger partial charge in [-0.05, 0) is 36.9 Å². The molecule has 2 saturated heterocycles. The van der Waals surface area contributed by atoms with E-state index in [1.807, 2.05) is 18.2 Å². The van der Waals surface area contributed by atoms with E-state index in [1.165, 1.54) is 5.56 Å². The van der Waals surface area contributed by atoms with Crippen LogP contribution in [0.5, 0.6) is 0 Å². The topological polar surface area (TPSA) is 44.4 Å². The summed E-state index contributed by atoms with van der Waals surface area (Å²) in [4.78, 5) is 14.2. The molecule has 1 aromatic carbocycles. The predicted octanol–water partition coefficient (Wildman–Crippen LogP) is 0.497. The third kappa shape index (κ3) is 3.38. The lowest BCUT2D eigenvalue weighted by Gasteiger charge is -2.16. The maximum atomic E-state index is 11.9. The molecule has 1 aromatic rings. The quantitative estimate of drug-likeness (QED) is 0.821. The fourth-order valence-corrected chi connectivity index (χ4v) is 3.33. The van der Waals surface area contributed by atoms with Crippen molar-refractivity contribution < 1.29 is 4.79 Å². The van der Waals surface area contributed by atoms with Crippen molar-refractivity contribution in [2.75, 3.05) is 39.3 Å². The number of carbonyl (C=O) groups excluding carboxylic acids is 1. The van der Waals surface area contributed by atoms with Gasteiger partial charge in [0.2, 0.25) is 5.91 Å². The molecule has 20 heavy (non-hydrogen) atoms. The van der Waals surface area contributed by atoms with E-state index in [9.17, 15) is 4.79 Å². The molecule has 1 amide bonds. The van der Waals surface area contributed by atoms with E-state index in [4.69, 9.17) is 0 Å². The minimum atomic E-state index is 0.161. The fourth-order valence-electron chi connectivity index (χ4n) is 3.33. The molecule has 4 nitrogen and oxygen atoms in total. The van der Waals surface area contributed by atoms with Gasteiger partial charge in [-0.3, -0.25) is 9.69 Å². The molecule has 2 aliphatic rings. The summed E-state index contributed by atoms with van der Waals surface area (Å²) < 4.78 is 0. The Bertz CT molecular complexity index is 436. The minimum absolute atomic E-state index is 0.161. The van der Waals surface area contributed by atoms with Crippen molar-refractivity contribution in [1.82, 2.24) is 15.5 Å². The number of nitrogens with one attached hydrogen (secondary N) is 2. The summed E-state index contributed by atoms with van der Waals surface area (Å²) in [5, 5.41) is 6.45. The summed E-state index contributed by atoms with van der Waals surface area (Å²) in [5.41, 5.74) is 1.27. The van der Waals surface area contributed by atoms with Gasteiger partial charge in [-0.2, -0.15) is 0 Å². The Morgan fingerprint density at radius 1 is 1.20 bits per heavy atom. The Kier molecular flexibility index (Phi) is 4.33. The van der Waals surface area contributed by atoms with E-state index >= 15 is 0 Å². The van der Waals surface area contributed by atoms with Crippen LogP contribution < -0.4 is 10.6 Å². The first-order chi connectivity index (χ1) is 9.81. The highest BCUT2D eigenvalue weighted by molar-refractivity contribution is 5.78. The van der Waals surface area contributed by atoms with E-state index < -0.39 is 0 Å². The highest BCUT2D eigenvalue weighted by Gasteiger charge is 2.36.